The minimum absolute atomic E-state index is 0.0139. The smallest absolute Gasteiger partial charge is 0.231 e. The molecule has 4 aliphatic rings. The molecule has 3 heterocycles. The van der Waals surface area contributed by atoms with Crippen LogP contribution in [0.2, 0.25) is 0 Å². The molecule has 6 heteroatoms. The van der Waals surface area contributed by atoms with Crippen molar-refractivity contribution in [1.29, 1.82) is 0 Å². The van der Waals surface area contributed by atoms with Crippen molar-refractivity contribution in [2.75, 3.05) is 13.6 Å². The summed E-state index contributed by atoms with van der Waals surface area (Å²) in [5.74, 6) is 3.50. The lowest BCUT2D eigenvalue weighted by Crippen LogP contribution is -2.43. The van der Waals surface area contributed by atoms with Crippen LogP contribution < -0.4 is 24.3 Å². The van der Waals surface area contributed by atoms with Gasteiger partial charge in [0.1, 0.15) is 0 Å². The van der Waals surface area contributed by atoms with E-state index in [2.05, 4.69) is 47.8 Å². The standard InChI is InChI=1S/C26H23NO5/c1-2-4-15(5-3-1)12-28-23-9-16-8-21-22(31-13-30-21)10-18(16)25-24(23)17-6-7-20-26(32-14-29-20)19(17)11-27-25/h1-8,10,23-25,27H,9,11-14H2/t23-,24-,25+/m0/s1. The highest BCUT2D eigenvalue weighted by atomic mass is 16.7. The summed E-state index contributed by atoms with van der Waals surface area (Å²) < 4.78 is 29.4. The summed E-state index contributed by atoms with van der Waals surface area (Å²) in [5.41, 5.74) is 6.15. The van der Waals surface area contributed by atoms with E-state index in [0.29, 0.717) is 6.61 Å². The van der Waals surface area contributed by atoms with Gasteiger partial charge in [-0.25, -0.2) is 0 Å². The van der Waals surface area contributed by atoms with Crippen molar-refractivity contribution in [2.24, 2.45) is 0 Å². The Morgan fingerprint density at radius 2 is 1.66 bits per heavy atom. The van der Waals surface area contributed by atoms with Crippen LogP contribution in [0.1, 0.15) is 39.8 Å². The lowest BCUT2D eigenvalue weighted by atomic mass is 9.71. The largest absolute Gasteiger partial charge is 0.454 e. The van der Waals surface area contributed by atoms with E-state index >= 15 is 0 Å². The van der Waals surface area contributed by atoms with Gasteiger partial charge in [-0.2, -0.15) is 0 Å². The Kier molecular flexibility index (Phi) is 4.10. The molecule has 0 radical (unpaired) electrons. The first-order chi connectivity index (χ1) is 15.8. The first-order valence-corrected chi connectivity index (χ1v) is 11.1. The molecule has 0 saturated heterocycles. The molecular weight excluding hydrogens is 406 g/mol. The predicted octanol–water partition coefficient (Wildman–Crippen LogP) is 4.21. The van der Waals surface area contributed by atoms with Gasteiger partial charge in [0.15, 0.2) is 23.0 Å². The molecule has 6 nitrogen and oxygen atoms in total. The Labute approximate surface area is 186 Å². The van der Waals surface area contributed by atoms with E-state index in [9.17, 15) is 0 Å². The minimum atomic E-state index is 0.0139. The normalized spacial score (nSPS) is 23.9. The molecule has 0 unspecified atom stereocenters. The highest BCUT2D eigenvalue weighted by Crippen LogP contribution is 2.52. The third-order valence-corrected chi connectivity index (χ3v) is 6.99. The Hall–Kier alpha value is -3.22. The highest BCUT2D eigenvalue weighted by molar-refractivity contribution is 5.58. The monoisotopic (exact) mass is 429 g/mol. The summed E-state index contributed by atoms with van der Waals surface area (Å²) in [5, 5.41) is 3.77. The Balaban J connectivity index is 1.31. The fraction of sp³-hybridized carbons (Fsp3) is 0.308. The number of ether oxygens (including phenoxy) is 5. The average Bonchev–Trinajstić information content (AvgIpc) is 3.50. The molecule has 0 amide bonds. The van der Waals surface area contributed by atoms with E-state index in [-0.39, 0.29) is 31.6 Å². The molecule has 162 valence electrons. The van der Waals surface area contributed by atoms with Crippen LogP contribution in [0.15, 0.2) is 54.6 Å². The second-order valence-corrected chi connectivity index (χ2v) is 8.69. The maximum Gasteiger partial charge on any atom is 0.231 e. The number of hydrogen-bond acceptors (Lipinski definition) is 6. The molecule has 3 atom stereocenters. The SMILES string of the molecule is c1ccc(CO[C@H]2Cc3cc4c(cc3[C@H]3NCc5c(ccc6c5OCO6)[C@@H]23)OCO4)cc1. The van der Waals surface area contributed by atoms with Crippen molar-refractivity contribution in [3.63, 3.8) is 0 Å². The van der Waals surface area contributed by atoms with Crippen molar-refractivity contribution in [3.05, 3.63) is 82.4 Å². The van der Waals surface area contributed by atoms with Gasteiger partial charge in [-0.3, -0.25) is 0 Å². The third-order valence-electron chi connectivity index (χ3n) is 6.99. The van der Waals surface area contributed by atoms with Gasteiger partial charge in [-0.05, 0) is 46.9 Å². The summed E-state index contributed by atoms with van der Waals surface area (Å²) in [6, 6.07) is 19.0. The second-order valence-electron chi connectivity index (χ2n) is 8.69. The molecule has 7 rings (SSSR count). The number of benzene rings is 3. The maximum absolute atomic E-state index is 6.61. The number of nitrogens with one attached hydrogen (secondary N) is 1. The third kappa shape index (κ3) is 2.80. The Bertz CT molecular complexity index is 1190. The average molecular weight is 429 g/mol. The van der Waals surface area contributed by atoms with E-state index < -0.39 is 0 Å². The van der Waals surface area contributed by atoms with Crippen molar-refractivity contribution in [2.45, 2.75) is 37.6 Å². The topological polar surface area (TPSA) is 58.2 Å². The van der Waals surface area contributed by atoms with Crippen molar-refractivity contribution < 1.29 is 23.7 Å². The molecule has 1 aliphatic carbocycles. The zero-order chi connectivity index (χ0) is 21.1. The van der Waals surface area contributed by atoms with Gasteiger partial charge < -0.3 is 29.0 Å². The van der Waals surface area contributed by atoms with Crippen molar-refractivity contribution >= 4 is 0 Å². The zero-order valence-corrected chi connectivity index (χ0v) is 17.5. The van der Waals surface area contributed by atoms with Gasteiger partial charge in [0.2, 0.25) is 13.6 Å². The first-order valence-electron chi connectivity index (χ1n) is 11.1. The molecule has 32 heavy (non-hydrogen) atoms. The molecule has 0 spiro atoms. The summed E-state index contributed by atoms with van der Waals surface area (Å²) >= 11 is 0. The van der Waals surface area contributed by atoms with Gasteiger partial charge in [0.05, 0.1) is 12.7 Å². The minimum Gasteiger partial charge on any atom is -0.454 e. The van der Waals surface area contributed by atoms with Crippen LogP contribution >= 0.6 is 0 Å². The number of rotatable bonds is 3. The molecule has 0 bridgehead atoms. The summed E-state index contributed by atoms with van der Waals surface area (Å²) in [6.45, 7) is 1.86. The molecule has 0 aromatic heterocycles. The first kappa shape index (κ1) is 18.4. The Morgan fingerprint density at radius 1 is 0.844 bits per heavy atom. The fourth-order valence-corrected chi connectivity index (χ4v) is 5.53. The van der Waals surface area contributed by atoms with E-state index in [0.717, 1.165) is 36.0 Å². The zero-order valence-electron chi connectivity index (χ0n) is 17.5. The van der Waals surface area contributed by atoms with Crippen LogP contribution in [0.4, 0.5) is 0 Å². The van der Waals surface area contributed by atoms with E-state index in [4.69, 9.17) is 23.7 Å². The molecule has 3 aromatic carbocycles. The number of fused-ring (bicyclic) bond motifs is 8. The van der Waals surface area contributed by atoms with Crippen molar-refractivity contribution in [1.82, 2.24) is 5.32 Å². The van der Waals surface area contributed by atoms with Crippen LogP contribution in [-0.2, 0) is 24.3 Å². The fourth-order valence-electron chi connectivity index (χ4n) is 5.53. The summed E-state index contributed by atoms with van der Waals surface area (Å²) in [7, 11) is 0. The maximum atomic E-state index is 6.61. The van der Waals surface area contributed by atoms with Crippen LogP contribution in [0.3, 0.4) is 0 Å². The van der Waals surface area contributed by atoms with E-state index in [1.165, 1.54) is 27.8 Å². The predicted molar refractivity (Wildman–Crippen MR) is 116 cm³/mol. The number of hydrogen-bond donors (Lipinski definition) is 1. The Morgan fingerprint density at radius 3 is 2.56 bits per heavy atom. The van der Waals surface area contributed by atoms with Crippen LogP contribution in [0.5, 0.6) is 23.0 Å². The van der Waals surface area contributed by atoms with Gasteiger partial charge in [0, 0.05) is 24.1 Å². The molecule has 0 saturated carbocycles. The van der Waals surface area contributed by atoms with Crippen LogP contribution in [0, 0.1) is 0 Å². The lowest BCUT2D eigenvalue weighted by Gasteiger charge is -2.44. The van der Waals surface area contributed by atoms with Crippen LogP contribution in [0.25, 0.3) is 0 Å². The molecule has 0 fully saturated rings. The van der Waals surface area contributed by atoms with Gasteiger partial charge in [0.25, 0.3) is 0 Å². The lowest BCUT2D eigenvalue weighted by molar-refractivity contribution is 0.00484. The van der Waals surface area contributed by atoms with Gasteiger partial charge in [-0.1, -0.05) is 36.4 Å². The molecular formula is C26H23NO5. The van der Waals surface area contributed by atoms with Crippen LogP contribution in [-0.4, -0.2) is 19.7 Å². The van der Waals surface area contributed by atoms with Gasteiger partial charge >= 0.3 is 0 Å². The molecule has 3 aliphatic heterocycles. The second kappa shape index (κ2) is 7.15. The quantitative estimate of drug-likeness (QED) is 0.673. The molecule has 1 N–H and O–H groups in total. The molecule has 3 aromatic rings. The highest BCUT2D eigenvalue weighted by Gasteiger charge is 2.44. The van der Waals surface area contributed by atoms with Gasteiger partial charge in [-0.15, -0.1) is 0 Å². The summed E-state index contributed by atoms with van der Waals surface area (Å²) in [6.07, 6.45) is 0.829. The van der Waals surface area contributed by atoms with E-state index in [1.54, 1.807) is 0 Å². The van der Waals surface area contributed by atoms with E-state index in [1.807, 2.05) is 12.1 Å². The van der Waals surface area contributed by atoms with Crippen molar-refractivity contribution in [3.8, 4) is 23.0 Å². The summed E-state index contributed by atoms with van der Waals surface area (Å²) in [4.78, 5) is 0.